The van der Waals surface area contributed by atoms with E-state index in [-0.39, 0.29) is 30.4 Å². The van der Waals surface area contributed by atoms with Crippen molar-refractivity contribution in [2.75, 3.05) is 31.2 Å². The van der Waals surface area contributed by atoms with Gasteiger partial charge in [-0.25, -0.2) is 8.78 Å². The number of rotatable bonds is 7. The highest BCUT2D eigenvalue weighted by molar-refractivity contribution is 6.28. The van der Waals surface area contributed by atoms with Crippen LogP contribution in [-0.4, -0.2) is 52.8 Å². The van der Waals surface area contributed by atoms with Crippen LogP contribution in [0.2, 0.25) is 5.28 Å². The van der Waals surface area contributed by atoms with Crippen LogP contribution in [0.25, 0.3) is 0 Å². The van der Waals surface area contributed by atoms with Gasteiger partial charge in [-0.1, -0.05) is 0 Å². The number of halogens is 3. The fourth-order valence-electron chi connectivity index (χ4n) is 1.22. The van der Waals surface area contributed by atoms with Crippen LogP contribution in [0.4, 0.5) is 14.7 Å². The second-order valence-corrected chi connectivity index (χ2v) is 3.52. The lowest BCUT2D eigenvalue weighted by Gasteiger charge is -2.21. The second kappa shape index (κ2) is 7.22. The topological polar surface area (TPSA) is 71.4 Å². The first-order valence-electron chi connectivity index (χ1n) is 5.25. The maximum atomic E-state index is 12.4. The molecule has 1 aromatic rings. The third-order valence-electron chi connectivity index (χ3n) is 1.86. The summed E-state index contributed by atoms with van der Waals surface area (Å²) in [5.74, 6) is -0.0483. The van der Waals surface area contributed by atoms with Crippen LogP contribution in [0.5, 0.6) is 6.01 Å². The molecule has 0 aliphatic heterocycles. The van der Waals surface area contributed by atoms with E-state index in [1.807, 2.05) is 0 Å². The predicted octanol–water partition coefficient (Wildman–Crippen LogP) is 0.987. The molecule has 0 amide bonds. The molecular formula is C9H13ClF2N4O2. The minimum absolute atomic E-state index is 0.0315. The molecule has 0 atom stereocenters. The molecule has 0 saturated heterocycles. The Morgan fingerprint density at radius 1 is 1.39 bits per heavy atom. The van der Waals surface area contributed by atoms with E-state index >= 15 is 0 Å². The number of aliphatic hydroxyl groups excluding tert-OH is 1. The summed E-state index contributed by atoms with van der Waals surface area (Å²) >= 11 is 5.65. The standard InChI is InChI=1S/C9H13ClF2N4O2/c1-2-18-9-14-7(10)13-8(15-9)16(3-4-17)5-6(11)12/h6,17H,2-5H2,1H3. The van der Waals surface area contributed by atoms with E-state index in [1.54, 1.807) is 6.92 Å². The van der Waals surface area contributed by atoms with Crippen molar-refractivity contribution >= 4 is 17.5 Å². The molecule has 1 N–H and O–H groups in total. The molecule has 0 bridgehead atoms. The molecule has 102 valence electrons. The number of anilines is 1. The van der Waals surface area contributed by atoms with E-state index in [0.717, 1.165) is 4.90 Å². The van der Waals surface area contributed by atoms with Gasteiger partial charge in [-0.3, -0.25) is 0 Å². The minimum atomic E-state index is -2.58. The molecule has 0 radical (unpaired) electrons. The molecule has 1 heterocycles. The summed E-state index contributed by atoms with van der Waals surface area (Å²) in [6.45, 7) is 1.10. The lowest BCUT2D eigenvalue weighted by Crippen LogP contribution is -2.33. The zero-order chi connectivity index (χ0) is 13.5. The van der Waals surface area contributed by atoms with Crippen LogP contribution in [0.3, 0.4) is 0 Å². The summed E-state index contributed by atoms with van der Waals surface area (Å²) in [5.41, 5.74) is 0. The molecule has 0 saturated carbocycles. The zero-order valence-electron chi connectivity index (χ0n) is 9.68. The largest absolute Gasteiger partial charge is 0.464 e. The average molecular weight is 283 g/mol. The maximum Gasteiger partial charge on any atom is 0.322 e. The van der Waals surface area contributed by atoms with Crippen LogP contribution in [0.15, 0.2) is 0 Å². The van der Waals surface area contributed by atoms with Crippen molar-refractivity contribution in [1.29, 1.82) is 0 Å². The van der Waals surface area contributed by atoms with E-state index < -0.39 is 13.0 Å². The van der Waals surface area contributed by atoms with E-state index in [1.165, 1.54) is 0 Å². The van der Waals surface area contributed by atoms with Crippen LogP contribution >= 0.6 is 11.6 Å². The van der Waals surface area contributed by atoms with Crippen molar-refractivity contribution in [2.45, 2.75) is 13.3 Å². The number of hydrogen-bond donors (Lipinski definition) is 1. The summed E-state index contributed by atoms with van der Waals surface area (Å²) < 4.78 is 29.8. The number of alkyl halides is 2. The Kier molecular flexibility index (Phi) is 5.93. The van der Waals surface area contributed by atoms with Gasteiger partial charge in [0.05, 0.1) is 19.8 Å². The van der Waals surface area contributed by atoms with Crippen molar-refractivity contribution in [3.63, 3.8) is 0 Å². The monoisotopic (exact) mass is 282 g/mol. The number of aliphatic hydroxyl groups is 1. The van der Waals surface area contributed by atoms with Crippen molar-refractivity contribution in [2.24, 2.45) is 0 Å². The highest BCUT2D eigenvalue weighted by Crippen LogP contribution is 2.16. The Hall–Kier alpha value is -1.28. The lowest BCUT2D eigenvalue weighted by atomic mass is 10.5. The molecule has 0 unspecified atom stereocenters. The molecule has 0 aliphatic carbocycles. The van der Waals surface area contributed by atoms with Crippen LogP contribution < -0.4 is 9.64 Å². The van der Waals surface area contributed by atoms with E-state index in [0.29, 0.717) is 6.61 Å². The Balaban J connectivity index is 2.95. The molecule has 9 heteroatoms. The van der Waals surface area contributed by atoms with E-state index in [2.05, 4.69) is 15.0 Å². The van der Waals surface area contributed by atoms with Gasteiger partial charge in [-0.15, -0.1) is 0 Å². The van der Waals surface area contributed by atoms with E-state index in [9.17, 15) is 8.78 Å². The van der Waals surface area contributed by atoms with Crippen LogP contribution in [0, 0.1) is 0 Å². The first kappa shape index (κ1) is 14.8. The highest BCUT2D eigenvalue weighted by atomic mass is 35.5. The molecule has 1 aromatic heterocycles. The molecule has 0 fully saturated rings. The fraction of sp³-hybridized carbons (Fsp3) is 0.667. The lowest BCUT2D eigenvalue weighted by molar-refractivity contribution is 0.152. The Labute approximate surface area is 108 Å². The fourth-order valence-corrected chi connectivity index (χ4v) is 1.37. The predicted molar refractivity (Wildman–Crippen MR) is 61.3 cm³/mol. The van der Waals surface area contributed by atoms with Crippen molar-refractivity contribution in [3.8, 4) is 6.01 Å². The first-order valence-corrected chi connectivity index (χ1v) is 5.63. The van der Waals surface area contributed by atoms with Crippen LogP contribution in [-0.2, 0) is 0 Å². The highest BCUT2D eigenvalue weighted by Gasteiger charge is 2.17. The average Bonchev–Trinajstić information content (AvgIpc) is 2.27. The molecule has 6 nitrogen and oxygen atoms in total. The van der Waals surface area contributed by atoms with Gasteiger partial charge < -0.3 is 14.7 Å². The Bertz CT molecular complexity index is 384. The van der Waals surface area contributed by atoms with Gasteiger partial charge in [-0.2, -0.15) is 15.0 Å². The third-order valence-corrected chi connectivity index (χ3v) is 2.03. The van der Waals surface area contributed by atoms with Crippen molar-refractivity contribution in [1.82, 2.24) is 15.0 Å². The first-order chi connectivity index (χ1) is 8.56. The maximum absolute atomic E-state index is 12.4. The second-order valence-electron chi connectivity index (χ2n) is 3.18. The minimum Gasteiger partial charge on any atom is -0.464 e. The summed E-state index contributed by atoms with van der Waals surface area (Å²) in [7, 11) is 0. The van der Waals surface area contributed by atoms with Gasteiger partial charge in [0.15, 0.2) is 0 Å². The number of aromatic nitrogens is 3. The van der Waals surface area contributed by atoms with Crippen molar-refractivity contribution in [3.05, 3.63) is 5.28 Å². The van der Waals surface area contributed by atoms with Gasteiger partial charge in [0.2, 0.25) is 11.2 Å². The summed E-state index contributed by atoms with van der Waals surface area (Å²) in [4.78, 5) is 12.4. The van der Waals surface area contributed by atoms with Gasteiger partial charge in [0.25, 0.3) is 6.43 Å². The summed E-state index contributed by atoms with van der Waals surface area (Å²) in [6, 6.07) is -0.0373. The van der Waals surface area contributed by atoms with Gasteiger partial charge in [-0.05, 0) is 18.5 Å². The molecule has 18 heavy (non-hydrogen) atoms. The number of ether oxygens (including phenoxy) is 1. The Morgan fingerprint density at radius 2 is 2.11 bits per heavy atom. The Morgan fingerprint density at radius 3 is 2.67 bits per heavy atom. The normalized spacial score (nSPS) is 10.8. The summed E-state index contributed by atoms with van der Waals surface area (Å²) in [5, 5.41) is 8.68. The van der Waals surface area contributed by atoms with Gasteiger partial charge >= 0.3 is 6.01 Å². The molecule has 0 spiro atoms. The van der Waals surface area contributed by atoms with Crippen molar-refractivity contribution < 1.29 is 18.6 Å². The smallest absolute Gasteiger partial charge is 0.322 e. The third kappa shape index (κ3) is 4.53. The van der Waals surface area contributed by atoms with Gasteiger partial charge in [0.1, 0.15) is 0 Å². The van der Waals surface area contributed by atoms with Gasteiger partial charge in [0, 0.05) is 6.54 Å². The molecule has 0 aromatic carbocycles. The molecule has 0 aliphatic rings. The SMILES string of the molecule is CCOc1nc(Cl)nc(N(CCO)CC(F)F)n1. The van der Waals surface area contributed by atoms with E-state index in [4.69, 9.17) is 21.4 Å². The molecular weight excluding hydrogens is 270 g/mol. The quantitative estimate of drug-likeness (QED) is 0.804. The van der Waals surface area contributed by atoms with Crippen LogP contribution in [0.1, 0.15) is 6.92 Å². The number of nitrogens with zero attached hydrogens (tertiary/aromatic N) is 4. The summed E-state index contributed by atoms with van der Waals surface area (Å²) in [6.07, 6.45) is -2.58. The molecule has 1 rings (SSSR count). The zero-order valence-corrected chi connectivity index (χ0v) is 10.4. The number of hydrogen-bond acceptors (Lipinski definition) is 6.